The lowest BCUT2D eigenvalue weighted by Gasteiger charge is -2.53. The summed E-state index contributed by atoms with van der Waals surface area (Å²) in [6, 6.07) is 0. The van der Waals surface area contributed by atoms with E-state index >= 15 is 0 Å². The van der Waals surface area contributed by atoms with Gasteiger partial charge in [-0.05, 0) is 31.4 Å². The monoisotopic (exact) mass is 484 g/mol. The minimum Gasteiger partial charge on any atom is -0.466 e. The zero-order valence-corrected chi connectivity index (χ0v) is 21.4. The van der Waals surface area contributed by atoms with Crippen LogP contribution in [0.2, 0.25) is 0 Å². The number of esters is 2. The highest BCUT2D eigenvalue weighted by molar-refractivity contribution is 5.83. The average Bonchev–Trinajstić information content (AvgIpc) is 2.78. The summed E-state index contributed by atoms with van der Waals surface area (Å²) in [7, 11) is 2.65. The smallest absolute Gasteiger partial charge is 0.330 e. The summed E-state index contributed by atoms with van der Waals surface area (Å²) in [6.07, 6.45) is 3.99. The van der Waals surface area contributed by atoms with E-state index in [0.717, 1.165) is 12.8 Å². The van der Waals surface area contributed by atoms with Gasteiger partial charge in [0.05, 0.1) is 25.4 Å². The number of hydrogen-bond donors (Lipinski definition) is 1. The molecule has 0 aromatic carbocycles. The van der Waals surface area contributed by atoms with Gasteiger partial charge >= 0.3 is 11.9 Å². The molecule has 1 aliphatic heterocycles. The number of rotatable bonds is 13. The predicted octanol–water partition coefficient (Wildman–Crippen LogP) is 2.89. The van der Waals surface area contributed by atoms with Crippen LogP contribution in [0.1, 0.15) is 60.3 Å². The van der Waals surface area contributed by atoms with E-state index in [2.05, 4.69) is 6.92 Å². The van der Waals surface area contributed by atoms with Gasteiger partial charge in [0.1, 0.15) is 6.29 Å². The Kier molecular flexibility index (Phi) is 12.1. The molecule has 34 heavy (non-hydrogen) atoms. The van der Waals surface area contributed by atoms with E-state index in [0.29, 0.717) is 18.5 Å². The summed E-state index contributed by atoms with van der Waals surface area (Å²) < 4.78 is 28.4. The molecule has 1 heterocycles. The number of methoxy groups -OCH3 is 2. The first-order chi connectivity index (χ1) is 16.0. The maximum absolute atomic E-state index is 12.2. The number of carbonyl (C=O) groups excluding carboxylic acids is 3. The molecule has 9 nitrogen and oxygen atoms in total. The highest BCUT2D eigenvalue weighted by Crippen LogP contribution is 2.48. The van der Waals surface area contributed by atoms with Crippen molar-refractivity contribution in [1.29, 1.82) is 0 Å². The van der Waals surface area contributed by atoms with Crippen LogP contribution in [0, 0.1) is 5.41 Å². The molecule has 1 unspecified atom stereocenters. The molecule has 1 saturated heterocycles. The third-order valence-corrected chi connectivity index (χ3v) is 5.99. The van der Waals surface area contributed by atoms with Crippen LogP contribution in [-0.2, 0) is 38.1 Å². The number of unbranched alkanes of at least 4 members (excludes halogenated alkanes) is 1. The van der Waals surface area contributed by atoms with E-state index in [9.17, 15) is 19.5 Å². The highest BCUT2D eigenvalue weighted by atomic mass is 16.7. The summed E-state index contributed by atoms with van der Waals surface area (Å²) in [4.78, 5) is 35.2. The second kappa shape index (κ2) is 13.7. The molecule has 0 amide bonds. The van der Waals surface area contributed by atoms with Crippen molar-refractivity contribution in [2.45, 2.75) is 90.5 Å². The van der Waals surface area contributed by atoms with Crippen LogP contribution >= 0.6 is 0 Å². The maximum atomic E-state index is 12.2. The molecule has 0 aromatic heterocycles. The molecule has 1 fully saturated rings. The van der Waals surface area contributed by atoms with Crippen molar-refractivity contribution >= 4 is 18.2 Å². The molecule has 0 saturated carbocycles. The molecule has 194 valence electrons. The number of aldehydes is 1. The molecule has 1 aliphatic rings. The second-order valence-corrected chi connectivity index (χ2v) is 9.00. The van der Waals surface area contributed by atoms with E-state index < -0.39 is 47.6 Å². The van der Waals surface area contributed by atoms with E-state index in [1.54, 1.807) is 26.8 Å². The summed E-state index contributed by atoms with van der Waals surface area (Å²) in [5, 5.41) is 10.8. The average molecular weight is 485 g/mol. The predicted molar refractivity (Wildman–Crippen MR) is 125 cm³/mol. The van der Waals surface area contributed by atoms with Gasteiger partial charge in [-0.1, -0.05) is 33.3 Å². The molecule has 9 heteroatoms. The standard InChI is InChI=1S/C25H40O9/c1-8-9-13-32-17(2)21(28)16-20-14-19(15-22(29)30-6)23(33-18(3)27)25(31-7,34-20)24(4,5)11-10-12-26/h10-12,15,17,20-21,23,28H,8-9,13-14,16H2,1-7H3/b11-10+,19-15+/t17-,20?,21-,23+,25-/m1/s1. The van der Waals surface area contributed by atoms with Gasteiger partial charge < -0.3 is 28.8 Å². The fraction of sp³-hybridized carbons (Fsp3) is 0.720. The molecule has 0 bridgehead atoms. The third kappa shape index (κ3) is 7.73. The Morgan fingerprint density at radius 2 is 2.00 bits per heavy atom. The molecule has 0 aromatic rings. The number of ether oxygens (including phenoxy) is 5. The SMILES string of the molecule is CCCCO[C@H](C)[C@H](O)CC1C/C(=C\C(=O)OC)[C@H](OC(C)=O)[C@](OC)(C(C)(C)/C=C/C=O)O1. The number of allylic oxidation sites excluding steroid dienone is 1. The lowest BCUT2D eigenvalue weighted by molar-refractivity contribution is -0.338. The number of aliphatic hydroxyl groups excluding tert-OH is 1. The van der Waals surface area contributed by atoms with Crippen LogP contribution < -0.4 is 0 Å². The molecule has 5 atom stereocenters. The first-order valence-corrected chi connectivity index (χ1v) is 11.6. The van der Waals surface area contributed by atoms with Crippen molar-refractivity contribution in [2.24, 2.45) is 5.41 Å². The summed E-state index contributed by atoms with van der Waals surface area (Å²) in [5.74, 6) is -2.83. The molecule has 0 aliphatic carbocycles. The first kappa shape index (κ1) is 30.0. The normalized spacial score (nSPS) is 26.3. The van der Waals surface area contributed by atoms with Gasteiger partial charge in [-0.15, -0.1) is 0 Å². The van der Waals surface area contributed by atoms with Gasteiger partial charge in [-0.3, -0.25) is 9.59 Å². The fourth-order valence-corrected chi connectivity index (χ4v) is 4.05. The van der Waals surface area contributed by atoms with Gasteiger partial charge in [0.25, 0.3) is 0 Å². The molecule has 1 N–H and O–H groups in total. The van der Waals surface area contributed by atoms with Gasteiger partial charge in [0, 0.05) is 38.6 Å². The molecule has 1 rings (SSSR count). The van der Waals surface area contributed by atoms with Crippen molar-refractivity contribution in [3.8, 4) is 0 Å². The van der Waals surface area contributed by atoms with Gasteiger partial charge in [-0.2, -0.15) is 0 Å². The highest BCUT2D eigenvalue weighted by Gasteiger charge is 2.59. The maximum Gasteiger partial charge on any atom is 0.330 e. The Bertz CT molecular complexity index is 743. The quantitative estimate of drug-likeness (QED) is 0.182. The summed E-state index contributed by atoms with van der Waals surface area (Å²) in [6.45, 7) is 9.15. The number of carbonyl (C=O) groups is 3. The first-order valence-electron chi connectivity index (χ1n) is 11.6. The third-order valence-electron chi connectivity index (χ3n) is 5.99. The summed E-state index contributed by atoms with van der Waals surface area (Å²) >= 11 is 0. The van der Waals surface area contributed by atoms with E-state index in [-0.39, 0.29) is 12.8 Å². The van der Waals surface area contributed by atoms with Crippen molar-refractivity contribution in [3.63, 3.8) is 0 Å². The van der Waals surface area contributed by atoms with Crippen LogP contribution in [0.3, 0.4) is 0 Å². The zero-order chi connectivity index (χ0) is 25.9. The lowest BCUT2D eigenvalue weighted by Crippen LogP contribution is -2.63. The Labute approximate surface area is 202 Å². The topological polar surface area (TPSA) is 118 Å². The Hall–Kier alpha value is -2.07. The summed E-state index contributed by atoms with van der Waals surface area (Å²) in [5.41, 5.74) is -0.579. The van der Waals surface area contributed by atoms with Crippen molar-refractivity contribution < 1.29 is 43.2 Å². The van der Waals surface area contributed by atoms with Crippen LogP contribution in [0.5, 0.6) is 0 Å². The molecule has 0 spiro atoms. The molecular weight excluding hydrogens is 444 g/mol. The Balaban J connectivity index is 3.45. The van der Waals surface area contributed by atoms with Crippen LogP contribution in [0.4, 0.5) is 0 Å². The van der Waals surface area contributed by atoms with Crippen LogP contribution in [0.15, 0.2) is 23.8 Å². The van der Waals surface area contributed by atoms with E-state index in [1.807, 2.05) is 0 Å². The minimum absolute atomic E-state index is 0.178. The molecule has 0 radical (unpaired) electrons. The van der Waals surface area contributed by atoms with E-state index in [4.69, 9.17) is 23.7 Å². The largest absolute Gasteiger partial charge is 0.466 e. The Morgan fingerprint density at radius 3 is 2.53 bits per heavy atom. The van der Waals surface area contributed by atoms with Crippen molar-refractivity contribution in [3.05, 3.63) is 23.8 Å². The Morgan fingerprint density at radius 1 is 1.32 bits per heavy atom. The van der Waals surface area contributed by atoms with E-state index in [1.165, 1.54) is 33.3 Å². The number of hydrogen-bond acceptors (Lipinski definition) is 9. The minimum atomic E-state index is -1.60. The second-order valence-electron chi connectivity index (χ2n) is 9.00. The van der Waals surface area contributed by atoms with Crippen molar-refractivity contribution in [2.75, 3.05) is 20.8 Å². The van der Waals surface area contributed by atoms with Crippen molar-refractivity contribution in [1.82, 2.24) is 0 Å². The van der Waals surface area contributed by atoms with Gasteiger partial charge in [0.15, 0.2) is 6.10 Å². The lowest BCUT2D eigenvalue weighted by atomic mass is 9.74. The fourth-order valence-electron chi connectivity index (χ4n) is 4.05. The number of aliphatic hydroxyl groups is 1. The zero-order valence-electron chi connectivity index (χ0n) is 21.4. The van der Waals surface area contributed by atoms with Crippen LogP contribution in [0.25, 0.3) is 0 Å². The van der Waals surface area contributed by atoms with Gasteiger partial charge in [0.2, 0.25) is 5.79 Å². The van der Waals surface area contributed by atoms with Crippen LogP contribution in [-0.4, -0.2) is 74.4 Å². The molecular formula is C25H40O9. The van der Waals surface area contributed by atoms with Gasteiger partial charge in [-0.25, -0.2) is 4.79 Å².